The predicted octanol–water partition coefficient (Wildman–Crippen LogP) is 0.993. The van der Waals surface area contributed by atoms with Gasteiger partial charge in [0.05, 0.1) is 6.61 Å². The summed E-state index contributed by atoms with van der Waals surface area (Å²) in [4.78, 5) is 15.9. The molecule has 1 aliphatic rings. The largest absolute Gasteiger partial charge is 0.300 e. The van der Waals surface area contributed by atoms with E-state index in [9.17, 15) is 4.79 Å². The molecule has 3 heteroatoms. The second-order valence-corrected chi connectivity index (χ2v) is 2.92. The number of nitrogens with zero attached hydrogens (tertiary/aromatic N) is 1. The van der Waals surface area contributed by atoms with E-state index in [1.165, 1.54) is 6.42 Å². The first kappa shape index (κ1) is 8.68. The topological polar surface area (TPSA) is 29.5 Å². The van der Waals surface area contributed by atoms with Crippen LogP contribution in [0.15, 0.2) is 0 Å². The van der Waals surface area contributed by atoms with Crippen LogP contribution in [0.3, 0.4) is 0 Å². The molecule has 0 bridgehead atoms. The molecule has 64 valence electrons. The van der Waals surface area contributed by atoms with Crippen molar-refractivity contribution >= 4 is 5.78 Å². The van der Waals surface area contributed by atoms with Crippen molar-refractivity contribution in [2.75, 3.05) is 19.7 Å². The fourth-order valence-electron chi connectivity index (χ4n) is 1.11. The Morgan fingerprint density at radius 3 is 2.91 bits per heavy atom. The molecule has 0 saturated carbocycles. The minimum Gasteiger partial charge on any atom is -0.300 e. The van der Waals surface area contributed by atoms with Gasteiger partial charge in [0.15, 0.2) is 0 Å². The Morgan fingerprint density at radius 1 is 1.55 bits per heavy atom. The highest BCUT2D eigenvalue weighted by atomic mass is 16.7. The van der Waals surface area contributed by atoms with E-state index in [1.807, 2.05) is 5.06 Å². The number of hydroxylamine groups is 2. The average Bonchev–Trinajstić information content (AvgIpc) is 2.03. The molecular formula is C8H15NO2. The van der Waals surface area contributed by atoms with Gasteiger partial charge in [0.1, 0.15) is 5.78 Å². The van der Waals surface area contributed by atoms with E-state index in [1.54, 1.807) is 6.92 Å². The number of carbonyl (C=O) groups excluding carboxylic acids is 1. The van der Waals surface area contributed by atoms with Gasteiger partial charge in [0.25, 0.3) is 0 Å². The normalized spacial score (nSPS) is 20.1. The van der Waals surface area contributed by atoms with Crippen molar-refractivity contribution in [3.8, 4) is 0 Å². The molecule has 1 heterocycles. The minimum absolute atomic E-state index is 0.235. The Morgan fingerprint density at radius 2 is 2.36 bits per heavy atom. The summed E-state index contributed by atoms with van der Waals surface area (Å²) in [6, 6.07) is 0. The lowest BCUT2D eigenvalue weighted by atomic mass is 10.2. The third kappa shape index (κ3) is 3.49. The minimum atomic E-state index is 0.235. The van der Waals surface area contributed by atoms with Crippen molar-refractivity contribution in [2.45, 2.75) is 26.2 Å². The Bertz CT molecular complexity index is 130. The molecule has 3 nitrogen and oxygen atoms in total. The van der Waals surface area contributed by atoms with Crippen molar-refractivity contribution in [1.82, 2.24) is 5.06 Å². The standard InChI is InChI=1S/C8H15NO2/c1-8(10)4-6-9-5-2-3-7-11-9/h2-7H2,1H3. The molecule has 0 aromatic heterocycles. The van der Waals surface area contributed by atoms with Crippen LogP contribution in [0.5, 0.6) is 0 Å². The van der Waals surface area contributed by atoms with Crippen LogP contribution in [0.1, 0.15) is 26.2 Å². The van der Waals surface area contributed by atoms with Crippen molar-refractivity contribution in [2.24, 2.45) is 0 Å². The molecule has 1 rings (SSSR count). The van der Waals surface area contributed by atoms with Crippen molar-refractivity contribution in [1.29, 1.82) is 0 Å². The van der Waals surface area contributed by atoms with Gasteiger partial charge in [-0.3, -0.25) is 9.63 Å². The third-order valence-electron chi connectivity index (χ3n) is 1.79. The number of hydrogen-bond donors (Lipinski definition) is 0. The summed E-state index contributed by atoms with van der Waals surface area (Å²) in [5, 5.41) is 1.89. The number of rotatable bonds is 3. The molecule has 0 unspecified atom stereocenters. The van der Waals surface area contributed by atoms with Crippen molar-refractivity contribution in [3.63, 3.8) is 0 Å². The molecule has 0 atom stereocenters. The molecular weight excluding hydrogens is 142 g/mol. The van der Waals surface area contributed by atoms with Crippen LogP contribution in [0.4, 0.5) is 0 Å². The van der Waals surface area contributed by atoms with Crippen LogP contribution in [-0.4, -0.2) is 30.5 Å². The maximum atomic E-state index is 10.6. The molecule has 1 fully saturated rings. The molecule has 11 heavy (non-hydrogen) atoms. The number of hydrogen-bond acceptors (Lipinski definition) is 3. The summed E-state index contributed by atoms with van der Waals surface area (Å²) in [6.45, 7) is 4.17. The lowest BCUT2D eigenvalue weighted by Crippen LogP contribution is -2.31. The predicted molar refractivity (Wildman–Crippen MR) is 42.1 cm³/mol. The highest BCUT2D eigenvalue weighted by molar-refractivity contribution is 5.75. The Balaban J connectivity index is 2.09. The van der Waals surface area contributed by atoms with E-state index in [0.29, 0.717) is 6.42 Å². The summed E-state index contributed by atoms with van der Waals surface area (Å²) >= 11 is 0. The first-order valence-electron chi connectivity index (χ1n) is 4.16. The third-order valence-corrected chi connectivity index (χ3v) is 1.79. The second kappa shape index (κ2) is 4.46. The average molecular weight is 157 g/mol. The van der Waals surface area contributed by atoms with Crippen molar-refractivity contribution < 1.29 is 9.63 Å². The van der Waals surface area contributed by atoms with Gasteiger partial charge < -0.3 is 0 Å². The quantitative estimate of drug-likeness (QED) is 0.612. The van der Waals surface area contributed by atoms with Crippen molar-refractivity contribution in [3.05, 3.63) is 0 Å². The second-order valence-electron chi connectivity index (χ2n) is 2.92. The molecule has 1 saturated heterocycles. The molecule has 0 radical (unpaired) electrons. The summed E-state index contributed by atoms with van der Waals surface area (Å²) in [5.41, 5.74) is 0. The van der Waals surface area contributed by atoms with Crippen LogP contribution >= 0.6 is 0 Å². The Hall–Kier alpha value is -0.410. The summed E-state index contributed by atoms with van der Waals surface area (Å²) in [7, 11) is 0. The van der Waals surface area contributed by atoms with E-state index in [0.717, 1.165) is 26.1 Å². The lowest BCUT2D eigenvalue weighted by Gasteiger charge is -2.25. The fraction of sp³-hybridized carbons (Fsp3) is 0.875. The van der Waals surface area contributed by atoms with Gasteiger partial charge in [0, 0.05) is 19.5 Å². The molecule has 0 N–H and O–H groups in total. The van der Waals surface area contributed by atoms with Gasteiger partial charge in [-0.2, -0.15) is 5.06 Å². The summed E-state index contributed by atoms with van der Waals surface area (Å²) < 4.78 is 0. The smallest absolute Gasteiger partial charge is 0.131 e. The molecule has 0 spiro atoms. The SMILES string of the molecule is CC(=O)CCN1CCCCO1. The summed E-state index contributed by atoms with van der Waals surface area (Å²) in [6.07, 6.45) is 2.95. The molecule has 0 aromatic rings. The number of Topliss-reactive ketones (excluding diaryl/α,β-unsaturated/α-hetero) is 1. The van der Waals surface area contributed by atoms with Crippen LogP contribution in [0.2, 0.25) is 0 Å². The first-order valence-corrected chi connectivity index (χ1v) is 4.16. The van der Waals surface area contributed by atoms with Crippen LogP contribution in [0, 0.1) is 0 Å². The molecule has 1 aliphatic heterocycles. The van der Waals surface area contributed by atoms with E-state index >= 15 is 0 Å². The van der Waals surface area contributed by atoms with Crippen LogP contribution in [0.25, 0.3) is 0 Å². The Kier molecular flexibility index (Phi) is 3.52. The maximum Gasteiger partial charge on any atom is 0.131 e. The van der Waals surface area contributed by atoms with Gasteiger partial charge in [-0.25, -0.2) is 0 Å². The van der Waals surface area contributed by atoms with Crippen LogP contribution in [-0.2, 0) is 9.63 Å². The van der Waals surface area contributed by atoms with E-state index in [4.69, 9.17) is 4.84 Å². The molecule has 0 amide bonds. The van der Waals surface area contributed by atoms with Gasteiger partial charge in [-0.15, -0.1) is 0 Å². The number of ketones is 1. The van der Waals surface area contributed by atoms with Crippen LogP contribution < -0.4 is 0 Å². The lowest BCUT2D eigenvalue weighted by molar-refractivity contribution is -0.181. The first-order chi connectivity index (χ1) is 5.29. The van der Waals surface area contributed by atoms with E-state index in [2.05, 4.69) is 0 Å². The molecule has 0 aromatic carbocycles. The molecule has 0 aliphatic carbocycles. The van der Waals surface area contributed by atoms with Gasteiger partial charge in [-0.1, -0.05) is 0 Å². The number of carbonyl (C=O) groups is 1. The van der Waals surface area contributed by atoms with Gasteiger partial charge in [0.2, 0.25) is 0 Å². The zero-order valence-electron chi connectivity index (χ0n) is 7.01. The van der Waals surface area contributed by atoms with Gasteiger partial charge in [-0.05, 0) is 19.8 Å². The van der Waals surface area contributed by atoms with E-state index in [-0.39, 0.29) is 5.78 Å². The fourth-order valence-corrected chi connectivity index (χ4v) is 1.11. The zero-order chi connectivity index (χ0) is 8.10. The maximum absolute atomic E-state index is 10.6. The van der Waals surface area contributed by atoms with Gasteiger partial charge >= 0.3 is 0 Å². The van der Waals surface area contributed by atoms with E-state index < -0.39 is 0 Å². The monoisotopic (exact) mass is 157 g/mol. The zero-order valence-corrected chi connectivity index (χ0v) is 7.01. The highest BCUT2D eigenvalue weighted by Crippen LogP contribution is 2.05. The summed E-state index contributed by atoms with van der Waals surface area (Å²) in [5.74, 6) is 0.235. The highest BCUT2D eigenvalue weighted by Gasteiger charge is 2.10. The Labute approximate surface area is 67.3 Å².